The smallest absolute Gasteiger partial charge is 0.407 e. The van der Waals surface area contributed by atoms with Crippen LogP contribution in [0.15, 0.2) is 42.9 Å². The minimum Gasteiger partial charge on any atom is -0.453 e. The molecule has 60 heavy (non-hydrogen) atoms. The summed E-state index contributed by atoms with van der Waals surface area (Å²) in [5, 5.41) is 5.52. The Bertz CT molecular complexity index is 2130. The van der Waals surface area contributed by atoms with Crippen molar-refractivity contribution >= 4 is 24.0 Å². The largest absolute Gasteiger partial charge is 0.453 e. The third-order valence-corrected chi connectivity index (χ3v) is 13.4. The minimum absolute atomic E-state index is 0.0991. The second-order valence-electron chi connectivity index (χ2n) is 17.8. The molecule has 5 heterocycles. The van der Waals surface area contributed by atoms with Crippen molar-refractivity contribution in [1.82, 2.24) is 45.4 Å². The Kier molecular flexibility index (Phi) is 11.2. The molecule has 2 saturated heterocycles. The maximum Gasteiger partial charge on any atom is 0.407 e. The van der Waals surface area contributed by atoms with E-state index in [4.69, 9.17) is 24.4 Å². The Morgan fingerprint density at radius 3 is 1.60 bits per heavy atom. The standard InChI is InChI=1S/C45H57N9O6/c1-22(2)35(51-44(57)59-7)42(55)53-30-12-9-27(17-30)38(53)40-47-20-33(49-40)26-11-14-32(24(5)15-26)37-25(6)16-29(19-46-37)34-21-48-41(50-34)39-28-10-13-31(18-28)54(39)43(56)36(23(3)4)52-45(58)60-8/h11,14-16,19-23,27-28,30-31,35-36,38-39H,9-10,12-13,17-18H2,1-8H3,(H,47,49)(H,48,50)(H,51,57)(H,52,58)/t27-,28-,30-,31-,35+,36+,38+,39+/m1/s1. The van der Waals surface area contributed by atoms with Crippen molar-refractivity contribution in [2.75, 3.05) is 14.2 Å². The number of methoxy groups -OCH3 is 2. The summed E-state index contributed by atoms with van der Waals surface area (Å²) in [6, 6.07) is 6.86. The highest BCUT2D eigenvalue weighted by Crippen LogP contribution is 2.51. The van der Waals surface area contributed by atoms with Gasteiger partial charge in [0.1, 0.15) is 23.7 Å². The van der Waals surface area contributed by atoms with Gasteiger partial charge < -0.3 is 39.9 Å². The molecule has 2 aliphatic heterocycles. The fraction of sp³-hybridized carbons (Fsp3) is 0.533. The van der Waals surface area contributed by atoms with E-state index < -0.39 is 24.3 Å². The average Bonchev–Trinajstić information content (AvgIpc) is 4.10. The van der Waals surface area contributed by atoms with Crippen molar-refractivity contribution in [2.45, 2.75) is 116 Å². The fourth-order valence-electron chi connectivity index (χ4n) is 10.4. The summed E-state index contributed by atoms with van der Waals surface area (Å²) in [6.45, 7) is 11.8. The van der Waals surface area contributed by atoms with Crippen LogP contribution < -0.4 is 10.6 Å². The Hall–Kier alpha value is -5.73. The molecule has 4 aromatic rings. The maximum atomic E-state index is 14.0. The summed E-state index contributed by atoms with van der Waals surface area (Å²) in [6.07, 6.45) is 10.1. The molecule has 15 heteroatoms. The predicted molar refractivity (Wildman–Crippen MR) is 224 cm³/mol. The molecular weight excluding hydrogens is 763 g/mol. The molecule has 0 radical (unpaired) electrons. The van der Waals surface area contributed by atoms with Crippen LogP contribution in [-0.2, 0) is 19.1 Å². The number of aromatic amines is 2. The third-order valence-electron chi connectivity index (χ3n) is 13.4. The fourth-order valence-corrected chi connectivity index (χ4v) is 10.4. The molecule has 4 bridgehead atoms. The molecule has 8 rings (SSSR count). The van der Waals surface area contributed by atoms with E-state index in [9.17, 15) is 19.2 Å². The van der Waals surface area contributed by atoms with E-state index in [1.807, 2.05) is 56.1 Å². The number of aromatic nitrogens is 5. The van der Waals surface area contributed by atoms with E-state index >= 15 is 0 Å². The van der Waals surface area contributed by atoms with Crippen LogP contribution >= 0.6 is 0 Å². The second-order valence-corrected chi connectivity index (χ2v) is 17.8. The number of fused-ring (bicyclic) bond motifs is 4. The van der Waals surface area contributed by atoms with Gasteiger partial charge in [-0.1, -0.05) is 39.8 Å². The van der Waals surface area contributed by atoms with Crippen molar-refractivity contribution in [1.29, 1.82) is 0 Å². The van der Waals surface area contributed by atoms with Gasteiger partial charge in [0.05, 0.1) is 55.8 Å². The molecule has 1 aromatic carbocycles. The quantitative estimate of drug-likeness (QED) is 0.123. The molecule has 8 atom stereocenters. The number of aryl methyl sites for hydroxylation is 2. The Morgan fingerprint density at radius 2 is 1.15 bits per heavy atom. The average molecular weight is 820 g/mol. The first-order valence-electron chi connectivity index (χ1n) is 21.3. The lowest BCUT2D eigenvalue weighted by Crippen LogP contribution is -2.54. The van der Waals surface area contributed by atoms with Gasteiger partial charge in [0.25, 0.3) is 0 Å². The van der Waals surface area contributed by atoms with Crippen LogP contribution in [0.1, 0.15) is 101 Å². The van der Waals surface area contributed by atoms with Crippen molar-refractivity contribution < 1.29 is 28.7 Å². The highest BCUT2D eigenvalue weighted by Gasteiger charge is 2.53. The number of ether oxygens (including phenoxy) is 2. The molecule has 4 N–H and O–H groups in total. The lowest BCUT2D eigenvalue weighted by atomic mass is 9.95. The molecule has 15 nitrogen and oxygen atoms in total. The zero-order chi connectivity index (χ0) is 42.6. The van der Waals surface area contributed by atoms with Crippen molar-refractivity contribution in [3.63, 3.8) is 0 Å². The number of alkyl carbamates (subject to hydrolysis) is 2. The van der Waals surface area contributed by atoms with E-state index in [0.717, 1.165) is 95.1 Å². The molecule has 4 amide bonds. The van der Waals surface area contributed by atoms with Crippen LogP contribution in [0.3, 0.4) is 0 Å². The first-order valence-corrected chi connectivity index (χ1v) is 21.3. The number of rotatable bonds is 11. The van der Waals surface area contributed by atoms with E-state index in [1.54, 1.807) is 0 Å². The summed E-state index contributed by atoms with van der Waals surface area (Å²) in [4.78, 5) is 77.9. The number of pyridine rings is 1. The molecule has 0 unspecified atom stereocenters. The van der Waals surface area contributed by atoms with Gasteiger partial charge in [0, 0.05) is 29.4 Å². The van der Waals surface area contributed by atoms with E-state index in [0.29, 0.717) is 11.8 Å². The van der Waals surface area contributed by atoms with Crippen molar-refractivity contribution in [3.05, 3.63) is 65.6 Å². The number of nitrogens with zero attached hydrogens (tertiary/aromatic N) is 5. The Labute approximate surface area is 350 Å². The second kappa shape index (κ2) is 16.4. The van der Waals surface area contributed by atoms with Gasteiger partial charge >= 0.3 is 12.2 Å². The number of nitrogens with one attached hydrogen (secondary N) is 4. The van der Waals surface area contributed by atoms with Gasteiger partial charge in [-0.05, 0) is 105 Å². The van der Waals surface area contributed by atoms with Crippen LogP contribution in [0.2, 0.25) is 0 Å². The summed E-state index contributed by atoms with van der Waals surface area (Å²) < 4.78 is 9.66. The molecule has 2 aliphatic carbocycles. The van der Waals surface area contributed by atoms with Crippen molar-refractivity contribution in [3.8, 4) is 33.8 Å². The number of H-pyrrole nitrogens is 2. The monoisotopic (exact) mass is 819 g/mol. The third kappa shape index (κ3) is 7.40. The van der Waals surface area contributed by atoms with Crippen LogP contribution in [0.4, 0.5) is 9.59 Å². The number of imidazole rings is 2. The van der Waals surface area contributed by atoms with Crippen LogP contribution in [0, 0.1) is 37.5 Å². The molecule has 0 spiro atoms. The topological polar surface area (TPSA) is 188 Å². The van der Waals surface area contributed by atoms with Crippen LogP contribution in [0.5, 0.6) is 0 Å². The molecule has 2 saturated carbocycles. The van der Waals surface area contributed by atoms with Gasteiger partial charge in [-0.2, -0.15) is 0 Å². The number of carbonyl (C=O) groups excluding carboxylic acids is 4. The van der Waals surface area contributed by atoms with Gasteiger partial charge in [-0.15, -0.1) is 0 Å². The van der Waals surface area contributed by atoms with Gasteiger partial charge in [0.15, 0.2) is 0 Å². The summed E-state index contributed by atoms with van der Waals surface area (Å²) in [7, 11) is 2.61. The summed E-state index contributed by atoms with van der Waals surface area (Å²) in [5.74, 6) is 1.68. The van der Waals surface area contributed by atoms with Crippen molar-refractivity contribution in [2.24, 2.45) is 23.7 Å². The number of hydrogen-bond donors (Lipinski definition) is 4. The lowest BCUT2D eigenvalue weighted by Gasteiger charge is -2.37. The number of hydrogen-bond acceptors (Lipinski definition) is 9. The first kappa shape index (κ1) is 41.0. The summed E-state index contributed by atoms with van der Waals surface area (Å²) in [5.41, 5.74) is 7.55. The van der Waals surface area contributed by atoms with E-state index in [1.165, 1.54) is 14.2 Å². The number of benzene rings is 1. The highest BCUT2D eigenvalue weighted by molar-refractivity contribution is 5.88. The molecule has 3 aromatic heterocycles. The van der Waals surface area contributed by atoms with Crippen LogP contribution in [-0.4, -0.2) is 97.1 Å². The highest BCUT2D eigenvalue weighted by atomic mass is 16.5. The number of piperidine rings is 2. The maximum absolute atomic E-state index is 14.0. The lowest BCUT2D eigenvalue weighted by molar-refractivity contribution is -0.140. The normalized spacial score (nSPS) is 24.0. The Balaban J connectivity index is 0.990. The van der Waals surface area contributed by atoms with E-state index in [-0.39, 0.29) is 47.8 Å². The number of carbonyl (C=O) groups is 4. The number of likely N-dealkylation sites (tertiary alicyclic amines) is 2. The predicted octanol–water partition coefficient (Wildman–Crippen LogP) is 7.01. The van der Waals surface area contributed by atoms with Gasteiger partial charge in [-0.3, -0.25) is 14.6 Å². The minimum atomic E-state index is -0.695. The number of amides is 4. The van der Waals surface area contributed by atoms with E-state index in [2.05, 4.69) is 58.7 Å². The zero-order valence-corrected chi connectivity index (χ0v) is 35.7. The van der Waals surface area contributed by atoms with Crippen LogP contribution in [0.25, 0.3) is 33.8 Å². The van der Waals surface area contributed by atoms with Gasteiger partial charge in [-0.25, -0.2) is 19.6 Å². The SMILES string of the molecule is COC(=O)N[C@H](C(=O)N1[C@@H]2CC[C@H](C2)[C@H]1c1ncc(-c2ccc(-c3ncc(-c4cnc([C@@H]5[C@@H]6CC[C@H](C6)N5C(=O)[C@@H](NC(=O)OC)C(C)C)[nH]4)cc3C)c(C)c2)[nH]1)C(C)C. The molecule has 4 aliphatic rings. The summed E-state index contributed by atoms with van der Waals surface area (Å²) >= 11 is 0. The zero-order valence-electron chi connectivity index (χ0n) is 35.7. The molecule has 318 valence electrons. The molecular formula is C45H57N9O6. The first-order chi connectivity index (χ1) is 28.8. The molecule has 4 fully saturated rings. The Morgan fingerprint density at radius 1 is 0.667 bits per heavy atom. The van der Waals surface area contributed by atoms with Gasteiger partial charge in [0.2, 0.25) is 11.8 Å².